The highest BCUT2D eigenvalue weighted by atomic mass is 35.5. The Morgan fingerprint density at radius 1 is 1.03 bits per heavy atom. The van der Waals surface area contributed by atoms with Gasteiger partial charge in [0.2, 0.25) is 10.0 Å². The summed E-state index contributed by atoms with van der Waals surface area (Å²) < 4.78 is 33.9. The van der Waals surface area contributed by atoms with Gasteiger partial charge in [-0.25, -0.2) is 13.2 Å². The molecule has 8 heteroatoms. The van der Waals surface area contributed by atoms with E-state index in [0.29, 0.717) is 10.6 Å². The first-order chi connectivity index (χ1) is 15.1. The van der Waals surface area contributed by atoms with Crippen molar-refractivity contribution in [3.05, 3.63) is 101 Å². The van der Waals surface area contributed by atoms with Gasteiger partial charge < -0.3 is 9.84 Å². The molecule has 3 aromatic carbocycles. The molecule has 0 aliphatic rings. The first kappa shape index (κ1) is 23.9. The highest BCUT2D eigenvalue weighted by molar-refractivity contribution is 7.89. The monoisotopic (exact) mass is 473 g/mol. The summed E-state index contributed by atoms with van der Waals surface area (Å²) >= 11 is 5.93. The van der Waals surface area contributed by atoms with E-state index in [1.165, 1.54) is 31.2 Å². The second-order valence-electron chi connectivity index (χ2n) is 7.64. The molecule has 3 rings (SSSR count). The van der Waals surface area contributed by atoms with Crippen LogP contribution in [-0.4, -0.2) is 25.0 Å². The summed E-state index contributed by atoms with van der Waals surface area (Å²) in [5.41, 5.74) is -0.0901. The maximum absolute atomic E-state index is 13.1. The van der Waals surface area contributed by atoms with E-state index in [2.05, 4.69) is 4.72 Å². The zero-order chi connectivity index (χ0) is 23.4. The fourth-order valence-corrected chi connectivity index (χ4v) is 4.61. The first-order valence-electron chi connectivity index (χ1n) is 9.87. The molecule has 168 valence electrons. The third-order valence-electron chi connectivity index (χ3n) is 5.05. The topological polar surface area (TPSA) is 92.7 Å². The second kappa shape index (κ2) is 9.83. The van der Waals surface area contributed by atoms with Crippen molar-refractivity contribution in [1.29, 1.82) is 0 Å². The van der Waals surface area contributed by atoms with Crippen LogP contribution in [0.5, 0.6) is 0 Å². The minimum Gasteiger partial charge on any atom is -0.459 e. The van der Waals surface area contributed by atoms with Gasteiger partial charge in [-0.3, -0.25) is 0 Å². The largest absolute Gasteiger partial charge is 0.459 e. The third-order valence-corrected chi connectivity index (χ3v) is 6.88. The van der Waals surface area contributed by atoms with Gasteiger partial charge in [-0.05, 0) is 49.2 Å². The zero-order valence-corrected chi connectivity index (χ0v) is 19.2. The highest BCUT2D eigenvalue weighted by Gasteiger charge is 2.46. The molecule has 0 aliphatic heterocycles. The number of esters is 1. The van der Waals surface area contributed by atoms with E-state index in [4.69, 9.17) is 16.3 Å². The van der Waals surface area contributed by atoms with Gasteiger partial charge in [-0.2, -0.15) is 4.72 Å². The van der Waals surface area contributed by atoms with Crippen molar-refractivity contribution < 1.29 is 23.1 Å². The van der Waals surface area contributed by atoms with Crippen molar-refractivity contribution in [3.63, 3.8) is 0 Å². The number of benzene rings is 3. The molecule has 0 radical (unpaired) electrons. The number of hydrogen-bond acceptors (Lipinski definition) is 5. The van der Waals surface area contributed by atoms with E-state index in [-0.39, 0.29) is 11.5 Å². The molecule has 0 amide bonds. The number of carbonyl (C=O) groups excluding carboxylic acids is 1. The highest BCUT2D eigenvalue weighted by Crippen LogP contribution is 2.30. The average Bonchev–Trinajstić information content (AvgIpc) is 2.78. The SMILES string of the molecule is Cc1ccc(S(=O)(=O)N[C@](C)(C(=O)OCc2ccccc2)[C@@H](O)c2ccc(Cl)cc2)cc1. The Hall–Kier alpha value is -2.71. The summed E-state index contributed by atoms with van der Waals surface area (Å²) in [6, 6.07) is 21.3. The van der Waals surface area contributed by atoms with Crippen molar-refractivity contribution in [1.82, 2.24) is 4.72 Å². The summed E-state index contributed by atoms with van der Waals surface area (Å²) in [5, 5.41) is 11.5. The Morgan fingerprint density at radius 3 is 2.22 bits per heavy atom. The number of aryl methyl sites for hydroxylation is 1. The van der Waals surface area contributed by atoms with E-state index in [9.17, 15) is 18.3 Å². The minimum atomic E-state index is -4.16. The van der Waals surface area contributed by atoms with Gasteiger partial charge in [-0.15, -0.1) is 0 Å². The smallest absolute Gasteiger partial charge is 0.330 e. The second-order valence-corrected chi connectivity index (χ2v) is 9.76. The molecule has 0 aromatic heterocycles. The van der Waals surface area contributed by atoms with Gasteiger partial charge in [-0.1, -0.05) is 71.8 Å². The average molecular weight is 474 g/mol. The summed E-state index contributed by atoms with van der Waals surface area (Å²) in [4.78, 5) is 13.1. The molecule has 3 aromatic rings. The van der Waals surface area contributed by atoms with Crippen LogP contribution in [-0.2, 0) is 26.2 Å². The Balaban J connectivity index is 1.94. The molecule has 0 saturated carbocycles. The van der Waals surface area contributed by atoms with E-state index in [1.807, 2.05) is 13.0 Å². The molecular weight excluding hydrogens is 450 g/mol. The number of aliphatic hydroxyl groups excluding tert-OH is 1. The Bertz CT molecular complexity index is 1170. The fraction of sp³-hybridized carbons (Fsp3) is 0.208. The number of carbonyl (C=O) groups is 1. The lowest BCUT2D eigenvalue weighted by atomic mass is 9.90. The van der Waals surface area contributed by atoms with Crippen LogP contribution in [0.1, 0.15) is 29.7 Å². The summed E-state index contributed by atoms with van der Waals surface area (Å²) in [7, 11) is -4.16. The molecule has 2 atom stereocenters. The predicted molar refractivity (Wildman–Crippen MR) is 123 cm³/mol. The van der Waals surface area contributed by atoms with Crippen LogP contribution in [0.15, 0.2) is 83.8 Å². The molecular formula is C24H24ClNO5S. The molecule has 2 N–H and O–H groups in total. The number of ether oxygens (including phenoxy) is 1. The molecule has 0 spiro atoms. The van der Waals surface area contributed by atoms with Crippen LogP contribution in [0, 0.1) is 6.92 Å². The Kier molecular flexibility index (Phi) is 7.36. The Morgan fingerprint density at radius 2 is 1.62 bits per heavy atom. The molecule has 0 heterocycles. The van der Waals surface area contributed by atoms with E-state index >= 15 is 0 Å². The third kappa shape index (κ3) is 5.55. The van der Waals surface area contributed by atoms with Gasteiger partial charge in [0, 0.05) is 5.02 Å². The first-order valence-corrected chi connectivity index (χ1v) is 11.7. The number of sulfonamides is 1. The van der Waals surface area contributed by atoms with E-state index < -0.39 is 27.6 Å². The van der Waals surface area contributed by atoms with Gasteiger partial charge in [0.1, 0.15) is 12.7 Å². The molecule has 0 unspecified atom stereocenters. The number of rotatable bonds is 8. The number of aliphatic hydroxyl groups is 1. The maximum atomic E-state index is 13.1. The van der Waals surface area contributed by atoms with Crippen LogP contribution < -0.4 is 4.72 Å². The predicted octanol–water partition coefficient (Wildman–Crippen LogP) is 4.16. The van der Waals surface area contributed by atoms with Gasteiger partial charge in [0.15, 0.2) is 5.54 Å². The molecule has 0 fully saturated rings. The molecule has 6 nitrogen and oxygen atoms in total. The summed E-state index contributed by atoms with van der Waals surface area (Å²) in [6.45, 7) is 3.05. The number of halogens is 1. The Labute approximate surface area is 192 Å². The molecule has 0 saturated heterocycles. The van der Waals surface area contributed by atoms with Crippen molar-refractivity contribution in [2.24, 2.45) is 0 Å². The van der Waals surface area contributed by atoms with Crippen molar-refractivity contribution in [2.75, 3.05) is 0 Å². The van der Waals surface area contributed by atoms with Crippen molar-refractivity contribution in [2.45, 2.75) is 37.0 Å². The van der Waals surface area contributed by atoms with Crippen molar-refractivity contribution >= 4 is 27.6 Å². The lowest BCUT2D eigenvalue weighted by Gasteiger charge is -2.33. The van der Waals surface area contributed by atoms with Crippen LogP contribution >= 0.6 is 11.6 Å². The minimum absolute atomic E-state index is 0.0338. The summed E-state index contributed by atoms with van der Waals surface area (Å²) in [6.07, 6.45) is -1.54. The van der Waals surface area contributed by atoms with Crippen LogP contribution in [0.3, 0.4) is 0 Å². The fourth-order valence-electron chi connectivity index (χ4n) is 3.12. The van der Waals surface area contributed by atoms with Crippen LogP contribution in [0.25, 0.3) is 0 Å². The van der Waals surface area contributed by atoms with Crippen LogP contribution in [0.2, 0.25) is 5.02 Å². The molecule has 0 aliphatic carbocycles. The van der Waals surface area contributed by atoms with E-state index in [1.54, 1.807) is 48.5 Å². The van der Waals surface area contributed by atoms with Gasteiger partial charge >= 0.3 is 5.97 Å². The van der Waals surface area contributed by atoms with Gasteiger partial charge in [0.05, 0.1) is 4.90 Å². The van der Waals surface area contributed by atoms with Crippen LogP contribution in [0.4, 0.5) is 0 Å². The maximum Gasteiger partial charge on any atom is 0.330 e. The van der Waals surface area contributed by atoms with E-state index in [0.717, 1.165) is 11.1 Å². The lowest BCUT2D eigenvalue weighted by molar-refractivity contribution is -0.156. The number of hydrogen-bond donors (Lipinski definition) is 2. The molecule has 32 heavy (non-hydrogen) atoms. The van der Waals surface area contributed by atoms with Crippen molar-refractivity contribution in [3.8, 4) is 0 Å². The molecule has 0 bridgehead atoms. The normalized spacial score (nSPS) is 14.4. The number of nitrogens with one attached hydrogen (secondary N) is 1. The quantitative estimate of drug-likeness (QED) is 0.479. The lowest BCUT2D eigenvalue weighted by Crippen LogP contribution is -2.56. The standard InChI is InChI=1S/C24H24ClNO5S/c1-17-8-14-21(15-9-17)32(29,30)26-24(2,22(27)19-10-12-20(25)13-11-19)23(28)31-16-18-6-4-3-5-7-18/h3-15,22,26-27H,16H2,1-2H3/t22-,24-/m0/s1. The summed E-state index contributed by atoms with van der Waals surface area (Å²) in [5.74, 6) is -0.917. The van der Waals surface area contributed by atoms with Gasteiger partial charge in [0.25, 0.3) is 0 Å². The zero-order valence-electron chi connectivity index (χ0n) is 17.7.